The third-order valence-electron chi connectivity index (χ3n) is 3.98. The number of hydrogen-bond acceptors (Lipinski definition) is 5. The second-order valence-electron chi connectivity index (χ2n) is 5.33. The smallest absolute Gasteiger partial charge is 0.140 e. The predicted octanol–water partition coefficient (Wildman–Crippen LogP) is 1.95. The second-order valence-corrected chi connectivity index (χ2v) is 5.33. The van der Waals surface area contributed by atoms with Crippen molar-refractivity contribution in [1.29, 1.82) is 0 Å². The predicted molar refractivity (Wildman–Crippen MR) is 80.6 cm³/mol. The Morgan fingerprint density at radius 1 is 1.35 bits per heavy atom. The van der Waals surface area contributed by atoms with E-state index in [1.165, 1.54) is 6.42 Å². The maximum Gasteiger partial charge on any atom is 0.140 e. The minimum absolute atomic E-state index is 0.252. The van der Waals surface area contributed by atoms with Crippen molar-refractivity contribution in [2.24, 2.45) is 0 Å². The van der Waals surface area contributed by atoms with E-state index in [4.69, 9.17) is 10.8 Å². The van der Waals surface area contributed by atoms with Crippen LogP contribution in [0, 0.1) is 0 Å². The van der Waals surface area contributed by atoms with E-state index < -0.39 is 0 Å². The van der Waals surface area contributed by atoms with Gasteiger partial charge in [0.1, 0.15) is 12.1 Å². The van der Waals surface area contributed by atoms with E-state index in [2.05, 4.69) is 14.9 Å². The molecule has 0 saturated carbocycles. The standard InChI is InChI=1S/C15H20N4O/c16-11-5-6-14-13(9-11)15(18-10-17-14)19-7-1-3-12(19)4-2-8-20/h5-6,9-10,12,20H,1-4,7-8,16H2. The van der Waals surface area contributed by atoms with Crippen LogP contribution in [0.3, 0.4) is 0 Å². The molecule has 5 heteroatoms. The molecule has 0 spiro atoms. The number of nitrogens with zero attached hydrogens (tertiary/aromatic N) is 3. The summed E-state index contributed by atoms with van der Waals surface area (Å²) < 4.78 is 0. The van der Waals surface area contributed by atoms with Crippen molar-refractivity contribution in [1.82, 2.24) is 9.97 Å². The number of rotatable bonds is 4. The molecule has 1 aliphatic heterocycles. The number of hydrogen-bond donors (Lipinski definition) is 2. The Hall–Kier alpha value is -1.88. The van der Waals surface area contributed by atoms with E-state index in [0.29, 0.717) is 6.04 Å². The van der Waals surface area contributed by atoms with Gasteiger partial charge in [0.05, 0.1) is 5.52 Å². The maximum absolute atomic E-state index is 9.03. The Morgan fingerprint density at radius 3 is 3.10 bits per heavy atom. The second kappa shape index (κ2) is 5.63. The molecule has 0 amide bonds. The van der Waals surface area contributed by atoms with Gasteiger partial charge in [0.2, 0.25) is 0 Å². The lowest BCUT2D eigenvalue weighted by Crippen LogP contribution is -2.30. The topological polar surface area (TPSA) is 75.3 Å². The Balaban J connectivity index is 1.98. The van der Waals surface area contributed by atoms with Crippen LogP contribution in [0.25, 0.3) is 10.9 Å². The molecule has 2 heterocycles. The molecule has 1 unspecified atom stereocenters. The van der Waals surface area contributed by atoms with E-state index in [9.17, 15) is 0 Å². The molecule has 1 atom stereocenters. The number of aromatic nitrogens is 2. The van der Waals surface area contributed by atoms with Gasteiger partial charge in [0, 0.05) is 30.3 Å². The quantitative estimate of drug-likeness (QED) is 0.832. The molecule has 2 aromatic rings. The summed E-state index contributed by atoms with van der Waals surface area (Å²) in [5.74, 6) is 0.975. The van der Waals surface area contributed by atoms with Crippen LogP contribution < -0.4 is 10.6 Å². The summed E-state index contributed by atoms with van der Waals surface area (Å²) >= 11 is 0. The summed E-state index contributed by atoms with van der Waals surface area (Å²) in [4.78, 5) is 11.1. The third-order valence-corrected chi connectivity index (χ3v) is 3.98. The molecule has 1 aromatic heterocycles. The average Bonchev–Trinajstić information content (AvgIpc) is 2.92. The molecular formula is C15H20N4O. The lowest BCUT2D eigenvalue weighted by atomic mass is 10.1. The molecule has 0 radical (unpaired) electrons. The molecule has 5 nitrogen and oxygen atoms in total. The highest BCUT2D eigenvalue weighted by molar-refractivity contribution is 5.91. The van der Waals surface area contributed by atoms with E-state index >= 15 is 0 Å². The SMILES string of the molecule is Nc1ccc2ncnc(N3CCCC3CCCO)c2c1. The minimum Gasteiger partial charge on any atom is -0.399 e. The zero-order chi connectivity index (χ0) is 13.9. The summed E-state index contributed by atoms with van der Waals surface area (Å²) in [6, 6.07) is 6.22. The van der Waals surface area contributed by atoms with Gasteiger partial charge in [0.25, 0.3) is 0 Å². The molecule has 0 aliphatic carbocycles. The van der Waals surface area contributed by atoms with Crippen molar-refractivity contribution < 1.29 is 5.11 Å². The van der Waals surface area contributed by atoms with Gasteiger partial charge in [-0.05, 0) is 43.9 Å². The summed E-state index contributed by atoms with van der Waals surface area (Å²) in [6.07, 6.45) is 5.80. The van der Waals surface area contributed by atoms with Gasteiger partial charge in [0.15, 0.2) is 0 Å². The largest absolute Gasteiger partial charge is 0.399 e. The molecule has 1 aromatic carbocycles. The van der Waals surface area contributed by atoms with Gasteiger partial charge in [-0.3, -0.25) is 0 Å². The van der Waals surface area contributed by atoms with E-state index in [1.807, 2.05) is 18.2 Å². The van der Waals surface area contributed by atoms with Crippen LogP contribution in [0.4, 0.5) is 11.5 Å². The van der Waals surface area contributed by atoms with Gasteiger partial charge in [-0.15, -0.1) is 0 Å². The zero-order valence-electron chi connectivity index (χ0n) is 11.5. The van der Waals surface area contributed by atoms with Crippen LogP contribution in [0.2, 0.25) is 0 Å². The maximum atomic E-state index is 9.03. The third kappa shape index (κ3) is 2.41. The van der Waals surface area contributed by atoms with Crippen molar-refractivity contribution in [3.05, 3.63) is 24.5 Å². The van der Waals surface area contributed by atoms with Crippen LogP contribution in [-0.2, 0) is 0 Å². The van der Waals surface area contributed by atoms with Crippen molar-refractivity contribution in [3.8, 4) is 0 Å². The van der Waals surface area contributed by atoms with Crippen LogP contribution >= 0.6 is 0 Å². The first-order valence-electron chi connectivity index (χ1n) is 7.17. The van der Waals surface area contributed by atoms with Crippen LogP contribution in [0.15, 0.2) is 24.5 Å². The molecule has 1 saturated heterocycles. The van der Waals surface area contributed by atoms with Gasteiger partial charge in [-0.1, -0.05) is 0 Å². The lowest BCUT2D eigenvalue weighted by molar-refractivity contribution is 0.279. The van der Waals surface area contributed by atoms with Crippen LogP contribution in [-0.4, -0.2) is 34.3 Å². The summed E-state index contributed by atoms with van der Waals surface area (Å²) in [7, 11) is 0. The number of aliphatic hydroxyl groups excluding tert-OH is 1. The Labute approximate surface area is 118 Å². The van der Waals surface area contributed by atoms with Crippen LogP contribution in [0.5, 0.6) is 0 Å². The number of fused-ring (bicyclic) bond motifs is 1. The Kier molecular flexibility index (Phi) is 3.69. The first-order valence-corrected chi connectivity index (χ1v) is 7.17. The molecule has 3 rings (SSSR count). The average molecular weight is 272 g/mol. The first-order chi connectivity index (χ1) is 9.79. The van der Waals surface area contributed by atoms with Crippen molar-refractivity contribution in [2.75, 3.05) is 23.8 Å². The van der Waals surface area contributed by atoms with E-state index in [0.717, 1.165) is 48.2 Å². The molecule has 0 bridgehead atoms. The molecule has 106 valence electrons. The van der Waals surface area contributed by atoms with E-state index in [-0.39, 0.29) is 6.61 Å². The first kappa shape index (κ1) is 13.1. The number of benzene rings is 1. The van der Waals surface area contributed by atoms with Gasteiger partial charge < -0.3 is 15.7 Å². The van der Waals surface area contributed by atoms with Gasteiger partial charge in [-0.25, -0.2) is 9.97 Å². The highest BCUT2D eigenvalue weighted by atomic mass is 16.2. The number of aliphatic hydroxyl groups is 1. The zero-order valence-corrected chi connectivity index (χ0v) is 11.5. The highest BCUT2D eigenvalue weighted by Crippen LogP contribution is 2.31. The van der Waals surface area contributed by atoms with Crippen molar-refractivity contribution in [3.63, 3.8) is 0 Å². The number of nitrogens with two attached hydrogens (primary N) is 1. The van der Waals surface area contributed by atoms with Gasteiger partial charge in [-0.2, -0.15) is 0 Å². The van der Waals surface area contributed by atoms with Crippen molar-refractivity contribution in [2.45, 2.75) is 31.7 Å². The normalized spacial score (nSPS) is 18.9. The lowest BCUT2D eigenvalue weighted by Gasteiger charge is -2.26. The Bertz CT molecular complexity index is 601. The molecule has 3 N–H and O–H groups in total. The fourth-order valence-electron chi connectivity index (χ4n) is 3.03. The summed E-state index contributed by atoms with van der Waals surface area (Å²) in [5, 5.41) is 10.0. The van der Waals surface area contributed by atoms with E-state index in [1.54, 1.807) is 6.33 Å². The van der Waals surface area contributed by atoms with Gasteiger partial charge >= 0.3 is 0 Å². The Morgan fingerprint density at radius 2 is 2.25 bits per heavy atom. The summed E-state index contributed by atoms with van der Waals surface area (Å²) in [5.41, 5.74) is 7.56. The van der Waals surface area contributed by atoms with Crippen LogP contribution in [0.1, 0.15) is 25.7 Å². The molecule has 1 fully saturated rings. The minimum atomic E-state index is 0.252. The number of anilines is 2. The fourth-order valence-corrected chi connectivity index (χ4v) is 3.03. The summed E-state index contributed by atoms with van der Waals surface area (Å²) in [6.45, 7) is 1.26. The highest BCUT2D eigenvalue weighted by Gasteiger charge is 2.26. The molecule has 20 heavy (non-hydrogen) atoms. The fraction of sp³-hybridized carbons (Fsp3) is 0.467. The molecule has 1 aliphatic rings. The molecular weight excluding hydrogens is 252 g/mol. The van der Waals surface area contributed by atoms with Crippen molar-refractivity contribution >= 4 is 22.4 Å². The number of nitrogen functional groups attached to an aromatic ring is 1. The monoisotopic (exact) mass is 272 g/mol.